The summed E-state index contributed by atoms with van der Waals surface area (Å²) in [4.78, 5) is 4.65. The van der Waals surface area contributed by atoms with Crippen molar-refractivity contribution in [3.8, 4) is 5.75 Å². The van der Waals surface area contributed by atoms with Crippen molar-refractivity contribution in [1.29, 1.82) is 0 Å². The fourth-order valence-electron chi connectivity index (χ4n) is 2.44. The molecule has 2 rings (SSSR count). The van der Waals surface area contributed by atoms with E-state index in [1.165, 1.54) is 12.8 Å². The van der Waals surface area contributed by atoms with Crippen molar-refractivity contribution in [2.24, 2.45) is 10.9 Å². The Bertz CT molecular complexity index is 542. The minimum atomic E-state index is 0.170. The van der Waals surface area contributed by atoms with Crippen molar-refractivity contribution in [3.63, 3.8) is 0 Å². The van der Waals surface area contributed by atoms with E-state index in [1.807, 2.05) is 45.0 Å². The Morgan fingerprint density at radius 3 is 2.59 bits per heavy atom. The van der Waals surface area contributed by atoms with Crippen molar-refractivity contribution in [2.75, 3.05) is 44.8 Å². The number of nitrogens with one attached hydrogen (secondary N) is 2. The quantitative estimate of drug-likeness (QED) is 0.312. The summed E-state index contributed by atoms with van der Waals surface area (Å²) in [6.07, 6.45) is 3.75. The molecule has 0 amide bonds. The molecule has 1 aromatic rings. The molecule has 1 saturated carbocycles. The molecule has 0 heterocycles. The zero-order valence-corrected chi connectivity index (χ0v) is 17.0. The molecule has 1 aromatic carbocycles. The molecule has 0 saturated heterocycles. The van der Waals surface area contributed by atoms with Crippen LogP contribution in [-0.2, 0) is 9.47 Å². The molecule has 152 valence electrons. The minimum Gasteiger partial charge on any atom is -0.491 e. The van der Waals surface area contributed by atoms with E-state index in [9.17, 15) is 0 Å². The summed E-state index contributed by atoms with van der Waals surface area (Å²) in [5, 5.41) is 6.65. The van der Waals surface area contributed by atoms with E-state index in [2.05, 4.69) is 15.6 Å². The Labute approximate surface area is 163 Å². The standard InChI is InChI=1S/C21H35N3O3/c1-4-25-15-13-23-21(22-12-5-14-26-16-18-6-7-18)24-19-8-10-20(11-9-19)27-17(2)3/h8-11,17-18H,4-7,12-16H2,1-3H3,(H2,22,23,24). The molecule has 0 spiro atoms. The smallest absolute Gasteiger partial charge is 0.195 e. The first kappa shape index (κ1) is 21.5. The monoisotopic (exact) mass is 377 g/mol. The van der Waals surface area contributed by atoms with E-state index in [0.717, 1.165) is 56.1 Å². The van der Waals surface area contributed by atoms with Gasteiger partial charge in [0.25, 0.3) is 0 Å². The second-order valence-corrected chi connectivity index (χ2v) is 7.04. The van der Waals surface area contributed by atoms with Crippen molar-refractivity contribution in [2.45, 2.75) is 46.1 Å². The molecular formula is C21H35N3O3. The summed E-state index contributed by atoms with van der Waals surface area (Å²) < 4.78 is 16.7. The van der Waals surface area contributed by atoms with Gasteiger partial charge in [0.15, 0.2) is 5.96 Å². The molecule has 6 heteroatoms. The Kier molecular flexibility index (Phi) is 10.0. The third-order valence-corrected chi connectivity index (χ3v) is 4.00. The third kappa shape index (κ3) is 10.2. The maximum absolute atomic E-state index is 5.69. The molecule has 0 atom stereocenters. The van der Waals surface area contributed by atoms with Crippen LogP contribution in [0.3, 0.4) is 0 Å². The van der Waals surface area contributed by atoms with Crippen LogP contribution in [-0.4, -0.2) is 51.6 Å². The van der Waals surface area contributed by atoms with Crippen LogP contribution in [0.2, 0.25) is 0 Å². The first-order valence-corrected chi connectivity index (χ1v) is 10.1. The van der Waals surface area contributed by atoms with Crippen molar-refractivity contribution < 1.29 is 14.2 Å². The number of rotatable bonds is 13. The summed E-state index contributed by atoms with van der Waals surface area (Å²) >= 11 is 0. The molecule has 1 aliphatic carbocycles. The van der Waals surface area contributed by atoms with Crippen molar-refractivity contribution in [1.82, 2.24) is 5.32 Å². The lowest BCUT2D eigenvalue weighted by Crippen LogP contribution is -2.33. The molecule has 0 aliphatic heterocycles. The largest absolute Gasteiger partial charge is 0.491 e. The molecule has 0 bridgehead atoms. The van der Waals surface area contributed by atoms with Crippen LogP contribution in [0.1, 0.15) is 40.0 Å². The molecular weight excluding hydrogens is 342 g/mol. The van der Waals surface area contributed by atoms with Crippen LogP contribution >= 0.6 is 0 Å². The Hall–Kier alpha value is -1.79. The highest BCUT2D eigenvalue weighted by Crippen LogP contribution is 2.28. The molecule has 0 unspecified atom stereocenters. The normalized spacial score (nSPS) is 14.4. The second-order valence-electron chi connectivity index (χ2n) is 7.04. The maximum Gasteiger partial charge on any atom is 0.195 e. The molecule has 27 heavy (non-hydrogen) atoms. The van der Waals surface area contributed by atoms with Crippen LogP contribution in [0.4, 0.5) is 5.69 Å². The highest BCUT2D eigenvalue weighted by molar-refractivity contribution is 5.93. The Morgan fingerprint density at radius 2 is 1.93 bits per heavy atom. The lowest BCUT2D eigenvalue weighted by Gasteiger charge is -2.14. The number of hydrogen-bond acceptors (Lipinski definition) is 4. The molecule has 2 N–H and O–H groups in total. The van der Waals surface area contributed by atoms with E-state index in [-0.39, 0.29) is 6.10 Å². The van der Waals surface area contributed by atoms with Crippen LogP contribution in [0.15, 0.2) is 29.3 Å². The predicted molar refractivity (Wildman–Crippen MR) is 111 cm³/mol. The fraction of sp³-hybridized carbons (Fsp3) is 0.667. The number of guanidine groups is 1. The summed E-state index contributed by atoms with van der Waals surface area (Å²) in [6.45, 7) is 10.5. The maximum atomic E-state index is 5.69. The summed E-state index contributed by atoms with van der Waals surface area (Å²) in [5.41, 5.74) is 0.971. The SMILES string of the molecule is CCOCCNC(=NCCCOCC1CC1)Nc1ccc(OC(C)C)cc1. The van der Waals surface area contributed by atoms with Gasteiger partial charge in [0.05, 0.1) is 12.7 Å². The van der Waals surface area contributed by atoms with Gasteiger partial charge in [-0.25, -0.2) is 0 Å². The van der Waals surface area contributed by atoms with Crippen molar-refractivity contribution >= 4 is 11.6 Å². The third-order valence-electron chi connectivity index (χ3n) is 4.00. The number of ether oxygens (including phenoxy) is 3. The van der Waals surface area contributed by atoms with Gasteiger partial charge in [-0.1, -0.05) is 0 Å². The molecule has 1 fully saturated rings. The Balaban J connectivity index is 1.78. The predicted octanol–water partition coefficient (Wildman–Crippen LogP) is 3.68. The van der Waals surface area contributed by atoms with Crippen LogP contribution in [0.5, 0.6) is 5.75 Å². The fourth-order valence-corrected chi connectivity index (χ4v) is 2.44. The van der Waals surface area contributed by atoms with Crippen LogP contribution in [0.25, 0.3) is 0 Å². The van der Waals surface area contributed by atoms with Gasteiger partial charge in [0, 0.05) is 38.6 Å². The average molecular weight is 378 g/mol. The molecule has 6 nitrogen and oxygen atoms in total. The lowest BCUT2D eigenvalue weighted by molar-refractivity contribution is 0.123. The number of nitrogens with zero attached hydrogens (tertiary/aromatic N) is 1. The zero-order chi connectivity index (χ0) is 19.3. The summed E-state index contributed by atoms with van der Waals surface area (Å²) in [5.74, 6) is 2.44. The number of benzene rings is 1. The summed E-state index contributed by atoms with van der Waals surface area (Å²) in [7, 11) is 0. The molecule has 1 aliphatic rings. The van der Waals surface area contributed by atoms with E-state index in [4.69, 9.17) is 14.2 Å². The van der Waals surface area contributed by atoms with Gasteiger partial charge in [-0.2, -0.15) is 0 Å². The van der Waals surface area contributed by atoms with Crippen LogP contribution in [0, 0.1) is 5.92 Å². The van der Waals surface area contributed by atoms with Crippen molar-refractivity contribution in [3.05, 3.63) is 24.3 Å². The van der Waals surface area contributed by atoms with Gasteiger partial charge in [0.1, 0.15) is 5.75 Å². The van der Waals surface area contributed by atoms with Crippen LogP contribution < -0.4 is 15.4 Å². The van der Waals surface area contributed by atoms with Gasteiger partial charge >= 0.3 is 0 Å². The van der Waals surface area contributed by atoms with Gasteiger partial charge in [-0.3, -0.25) is 4.99 Å². The number of hydrogen-bond donors (Lipinski definition) is 2. The number of aliphatic imine (C=N–C) groups is 1. The summed E-state index contributed by atoms with van der Waals surface area (Å²) in [6, 6.07) is 7.92. The van der Waals surface area contributed by atoms with E-state index in [1.54, 1.807) is 0 Å². The first-order valence-electron chi connectivity index (χ1n) is 10.1. The van der Waals surface area contributed by atoms with Gasteiger partial charge in [-0.05, 0) is 70.2 Å². The highest BCUT2D eigenvalue weighted by atomic mass is 16.5. The molecule has 0 radical (unpaired) electrons. The second kappa shape index (κ2) is 12.6. The highest BCUT2D eigenvalue weighted by Gasteiger charge is 2.20. The number of anilines is 1. The van der Waals surface area contributed by atoms with Gasteiger partial charge in [0.2, 0.25) is 0 Å². The lowest BCUT2D eigenvalue weighted by atomic mass is 10.3. The topological polar surface area (TPSA) is 64.1 Å². The van der Waals surface area contributed by atoms with Gasteiger partial charge in [-0.15, -0.1) is 0 Å². The average Bonchev–Trinajstić information content (AvgIpc) is 3.47. The molecule has 0 aromatic heterocycles. The zero-order valence-electron chi connectivity index (χ0n) is 17.0. The minimum absolute atomic E-state index is 0.170. The van der Waals surface area contributed by atoms with E-state index < -0.39 is 0 Å². The first-order chi connectivity index (χ1) is 13.2. The van der Waals surface area contributed by atoms with E-state index in [0.29, 0.717) is 13.2 Å². The van der Waals surface area contributed by atoms with Gasteiger partial charge < -0.3 is 24.8 Å². The van der Waals surface area contributed by atoms with E-state index >= 15 is 0 Å². The Morgan fingerprint density at radius 1 is 1.15 bits per heavy atom.